The minimum atomic E-state index is -0.594. The molecular weight excluding hydrogens is 219 g/mol. The summed E-state index contributed by atoms with van der Waals surface area (Å²) in [6.45, 7) is 3.47. The number of hydrogen-bond acceptors (Lipinski definition) is 3. The second-order valence-corrected chi connectivity index (χ2v) is 5.04. The third-order valence-corrected chi connectivity index (χ3v) is 3.39. The lowest BCUT2D eigenvalue weighted by Gasteiger charge is -2.25. The van der Waals surface area contributed by atoms with Crippen molar-refractivity contribution < 1.29 is 9.50 Å². The highest BCUT2D eigenvalue weighted by Gasteiger charge is 2.25. The molecule has 0 aliphatic carbocycles. The van der Waals surface area contributed by atoms with E-state index in [2.05, 4.69) is 4.90 Å². The molecule has 2 rings (SSSR count). The van der Waals surface area contributed by atoms with Gasteiger partial charge < -0.3 is 15.7 Å². The zero-order valence-electron chi connectivity index (χ0n) is 10.1. The lowest BCUT2D eigenvalue weighted by Crippen LogP contribution is -2.28. The maximum atomic E-state index is 13.0. The number of nitrogens with zero attached hydrogens (tertiary/aromatic N) is 1. The van der Waals surface area contributed by atoms with E-state index in [1.54, 1.807) is 6.07 Å². The Balaban J connectivity index is 2.17. The van der Waals surface area contributed by atoms with Crippen LogP contribution in [0.4, 0.5) is 15.8 Å². The molecule has 1 fully saturated rings. The lowest BCUT2D eigenvalue weighted by atomic mass is 9.98. The van der Waals surface area contributed by atoms with Crippen LogP contribution in [0.25, 0.3) is 0 Å². The Morgan fingerprint density at radius 2 is 2.12 bits per heavy atom. The molecule has 1 saturated heterocycles. The van der Waals surface area contributed by atoms with Crippen molar-refractivity contribution in [3.63, 3.8) is 0 Å². The van der Waals surface area contributed by atoms with Crippen LogP contribution in [-0.4, -0.2) is 23.8 Å². The molecule has 1 aliphatic heterocycles. The molecule has 94 valence electrons. The first-order valence-electron chi connectivity index (χ1n) is 6.00. The fourth-order valence-electron chi connectivity index (χ4n) is 2.32. The van der Waals surface area contributed by atoms with E-state index in [1.165, 1.54) is 12.1 Å². The quantitative estimate of drug-likeness (QED) is 0.737. The Hall–Kier alpha value is -1.29. The van der Waals surface area contributed by atoms with Crippen LogP contribution in [0.3, 0.4) is 0 Å². The van der Waals surface area contributed by atoms with E-state index in [0.29, 0.717) is 12.1 Å². The van der Waals surface area contributed by atoms with Crippen molar-refractivity contribution in [1.82, 2.24) is 0 Å². The zero-order chi connectivity index (χ0) is 12.5. The SMILES string of the molecule is CC1(O)CCCN(c2ccc(F)cc2N)CC1. The van der Waals surface area contributed by atoms with Crippen LogP contribution in [0.1, 0.15) is 26.2 Å². The van der Waals surface area contributed by atoms with Gasteiger partial charge in [-0.1, -0.05) is 0 Å². The highest BCUT2D eigenvalue weighted by Crippen LogP contribution is 2.29. The van der Waals surface area contributed by atoms with E-state index in [0.717, 1.165) is 31.6 Å². The highest BCUT2D eigenvalue weighted by atomic mass is 19.1. The minimum Gasteiger partial charge on any atom is -0.397 e. The Bertz CT molecular complexity index is 406. The Morgan fingerprint density at radius 1 is 1.35 bits per heavy atom. The van der Waals surface area contributed by atoms with Gasteiger partial charge in [0.1, 0.15) is 5.82 Å². The van der Waals surface area contributed by atoms with E-state index in [9.17, 15) is 9.50 Å². The standard InChI is InChI=1S/C13H19FN2O/c1-13(17)5-2-7-16(8-6-13)12-4-3-10(14)9-11(12)15/h3-4,9,17H,2,5-8,15H2,1H3. The summed E-state index contributed by atoms with van der Waals surface area (Å²) in [6, 6.07) is 4.48. The second kappa shape index (κ2) is 4.53. The zero-order valence-corrected chi connectivity index (χ0v) is 10.1. The first-order valence-corrected chi connectivity index (χ1v) is 6.00. The predicted molar refractivity (Wildman–Crippen MR) is 67.5 cm³/mol. The molecule has 0 aromatic heterocycles. The van der Waals surface area contributed by atoms with Crippen molar-refractivity contribution in [1.29, 1.82) is 0 Å². The van der Waals surface area contributed by atoms with E-state index >= 15 is 0 Å². The molecule has 1 unspecified atom stereocenters. The number of aliphatic hydroxyl groups is 1. The van der Waals surface area contributed by atoms with Crippen molar-refractivity contribution in [2.75, 3.05) is 23.7 Å². The summed E-state index contributed by atoms with van der Waals surface area (Å²) in [5.74, 6) is -0.312. The molecule has 1 heterocycles. The van der Waals surface area contributed by atoms with Crippen LogP contribution in [0, 0.1) is 5.82 Å². The summed E-state index contributed by atoms with van der Waals surface area (Å²) >= 11 is 0. The minimum absolute atomic E-state index is 0.312. The molecule has 0 spiro atoms. The van der Waals surface area contributed by atoms with Gasteiger partial charge >= 0.3 is 0 Å². The van der Waals surface area contributed by atoms with Crippen molar-refractivity contribution in [3.8, 4) is 0 Å². The second-order valence-electron chi connectivity index (χ2n) is 5.04. The maximum absolute atomic E-state index is 13.0. The van der Waals surface area contributed by atoms with Crippen molar-refractivity contribution in [2.45, 2.75) is 31.8 Å². The van der Waals surface area contributed by atoms with Crippen molar-refractivity contribution in [3.05, 3.63) is 24.0 Å². The van der Waals surface area contributed by atoms with Crippen LogP contribution in [0.5, 0.6) is 0 Å². The molecule has 3 nitrogen and oxygen atoms in total. The molecule has 1 aromatic carbocycles. The Kier molecular flexibility index (Phi) is 3.24. The maximum Gasteiger partial charge on any atom is 0.125 e. The number of anilines is 2. The molecule has 0 bridgehead atoms. The smallest absolute Gasteiger partial charge is 0.125 e. The molecule has 1 aromatic rings. The monoisotopic (exact) mass is 238 g/mol. The number of nitrogens with two attached hydrogens (primary N) is 1. The molecule has 0 saturated carbocycles. The molecule has 1 atom stereocenters. The molecule has 0 amide bonds. The van der Waals surface area contributed by atoms with Crippen LogP contribution >= 0.6 is 0 Å². The van der Waals surface area contributed by atoms with Crippen molar-refractivity contribution in [2.24, 2.45) is 0 Å². The molecule has 3 N–H and O–H groups in total. The summed E-state index contributed by atoms with van der Waals surface area (Å²) in [7, 11) is 0. The average molecular weight is 238 g/mol. The highest BCUT2D eigenvalue weighted by molar-refractivity contribution is 5.67. The molecule has 4 heteroatoms. The van der Waals surface area contributed by atoms with Gasteiger partial charge in [0.2, 0.25) is 0 Å². The van der Waals surface area contributed by atoms with E-state index in [4.69, 9.17) is 5.73 Å². The average Bonchev–Trinajstić information content (AvgIpc) is 2.40. The first-order chi connectivity index (χ1) is 7.98. The van der Waals surface area contributed by atoms with Gasteiger partial charge in [0, 0.05) is 13.1 Å². The third kappa shape index (κ3) is 2.88. The number of rotatable bonds is 1. The van der Waals surface area contributed by atoms with E-state index < -0.39 is 5.60 Å². The number of hydrogen-bond donors (Lipinski definition) is 2. The van der Waals surface area contributed by atoms with Gasteiger partial charge in [-0.25, -0.2) is 4.39 Å². The Labute approximate surface area is 101 Å². The molecule has 1 aliphatic rings. The van der Waals surface area contributed by atoms with Crippen LogP contribution < -0.4 is 10.6 Å². The van der Waals surface area contributed by atoms with E-state index in [1.807, 2.05) is 6.92 Å². The normalized spacial score (nSPS) is 25.7. The fourth-order valence-corrected chi connectivity index (χ4v) is 2.32. The third-order valence-electron chi connectivity index (χ3n) is 3.39. The molecule has 0 radical (unpaired) electrons. The van der Waals surface area contributed by atoms with Crippen LogP contribution in [0.15, 0.2) is 18.2 Å². The summed E-state index contributed by atoms with van der Waals surface area (Å²) in [6.07, 6.45) is 2.43. The summed E-state index contributed by atoms with van der Waals surface area (Å²) in [5.41, 5.74) is 6.56. The van der Waals surface area contributed by atoms with Gasteiger partial charge in [-0.3, -0.25) is 0 Å². The number of benzene rings is 1. The largest absolute Gasteiger partial charge is 0.397 e. The van der Waals surface area contributed by atoms with Gasteiger partial charge in [-0.15, -0.1) is 0 Å². The topological polar surface area (TPSA) is 49.5 Å². The van der Waals surface area contributed by atoms with Gasteiger partial charge in [0.25, 0.3) is 0 Å². The van der Waals surface area contributed by atoms with Gasteiger partial charge in [0.15, 0.2) is 0 Å². The van der Waals surface area contributed by atoms with Gasteiger partial charge in [-0.2, -0.15) is 0 Å². The Morgan fingerprint density at radius 3 is 2.82 bits per heavy atom. The van der Waals surface area contributed by atoms with E-state index in [-0.39, 0.29) is 5.82 Å². The van der Waals surface area contributed by atoms with Gasteiger partial charge in [-0.05, 0) is 44.4 Å². The molecule has 17 heavy (non-hydrogen) atoms. The van der Waals surface area contributed by atoms with Crippen LogP contribution in [0.2, 0.25) is 0 Å². The van der Waals surface area contributed by atoms with Gasteiger partial charge in [0.05, 0.1) is 17.0 Å². The summed E-state index contributed by atoms with van der Waals surface area (Å²) in [4.78, 5) is 2.12. The number of nitrogen functional groups attached to an aromatic ring is 1. The summed E-state index contributed by atoms with van der Waals surface area (Å²) < 4.78 is 13.0. The number of halogens is 1. The predicted octanol–water partition coefficient (Wildman–Crippen LogP) is 2.15. The molecular formula is C13H19FN2O. The van der Waals surface area contributed by atoms with Crippen LogP contribution in [-0.2, 0) is 0 Å². The first kappa shape index (κ1) is 12.2. The fraction of sp³-hybridized carbons (Fsp3) is 0.538. The summed E-state index contributed by atoms with van der Waals surface area (Å²) in [5, 5.41) is 10.0. The lowest BCUT2D eigenvalue weighted by molar-refractivity contribution is 0.0481. The van der Waals surface area contributed by atoms with Crippen molar-refractivity contribution >= 4 is 11.4 Å².